The Kier molecular flexibility index (Phi) is 43.8. The largest absolute Gasteiger partial charge is 1.00 e. The minimum absolute atomic E-state index is 0. The third kappa shape index (κ3) is 27.9. The minimum Gasteiger partial charge on any atom is -1.00 e. The van der Waals surface area contributed by atoms with Gasteiger partial charge in [0.05, 0.1) is 87.1 Å². The molecule has 0 spiro atoms. The molecule has 3 aliphatic rings. The fourth-order valence-corrected chi connectivity index (χ4v) is 12.5. The molecule has 592 valence electrons. The first-order valence-electron chi connectivity index (χ1n) is 36.5. The number of carbonyl (C=O) groups excluding carboxylic acids is 4. The van der Waals surface area contributed by atoms with Gasteiger partial charge in [-0.05, 0) is 189 Å². The fraction of sp³-hybridized carbons (Fsp3) is 0.341. The van der Waals surface area contributed by atoms with Crippen molar-refractivity contribution in [2.45, 2.75) is 149 Å². The van der Waals surface area contributed by atoms with Crippen molar-refractivity contribution in [1.29, 1.82) is 21.0 Å². The quantitative estimate of drug-likeness (QED) is 0.0130. The standard InChI is InChI=1S/C27H28N6O3.C25H26ClN3O3.C23H23N3O3.C2H4BrCl.C2H2N3.C2H3N.CH2O3.2K.Na.H/c1-18(2)36-27(34)31-20-8-6-19(7-9-20)26-24(15-28)23-11-10-22(35-13-12-32-17-29-16-30-32)14-25(23)33(26)21-4-3-5-21;1-16(2)32-25(30)28-18-8-6-17(7-9-18)24-22(15-27)21-11-10-20(31-13-12-26)14-23(21)29(24)19-4-3-5-19;1-14(2)29-23(28)25-16-8-6-15(7-9-16)22-20(13-24)19-11-10-18(27)12-21(19)26(22)17-4-3-5-17;3-1-2-4;1-3-2-5-4-1;1-2-3;2-1-4-3;;;;/h6-11,14,16-18,21H,3-5,12-13H2,1-2H3,(H,31,34);6-11,14,16,19H,3-5,12-13H2,1-2H3,(H,28,30);6-12,14,17,27H,3-5H2,1-2H3,(H,25,28);1-2H2;1-2H;1H3;1,3H;;;;/q;;;;-1;;;3*+1;-1/p-1. The van der Waals surface area contributed by atoms with Crippen LogP contribution in [0.5, 0.6) is 17.2 Å². The zero-order valence-electron chi connectivity index (χ0n) is 67.5. The molecule has 0 atom stereocenters. The Bertz CT molecular complexity index is 5080. The van der Waals surface area contributed by atoms with Gasteiger partial charge in [0.1, 0.15) is 61.3 Å². The van der Waals surface area contributed by atoms with E-state index in [2.05, 4.69) is 93.9 Å². The molecular formula is C82H88BrCl2K2N16NaO12. The number of amides is 3. The Morgan fingerprint density at radius 2 is 0.940 bits per heavy atom. The summed E-state index contributed by atoms with van der Waals surface area (Å²) in [7, 11) is 0. The van der Waals surface area contributed by atoms with Crippen LogP contribution in [0.4, 0.5) is 31.4 Å². The summed E-state index contributed by atoms with van der Waals surface area (Å²) in [6, 6.07) is 49.3. The number of benzene rings is 6. The van der Waals surface area contributed by atoms with Crippen LogP contribution in [0.15, 0.2) is 153 Å². The SMILES string of the molecule is CC#N.CC(C)OC(=O)Nc1ccc(-c2c(C#N)c3ccc(O)cc3n2C2CCC2)cc1.CC(C)OC(=O)Nc1ccc(-c2c(C#N)c3ccc(OCCCl)cc3n2C2CCC2)cc1.CC(C)OC(=O)Nc1ccc(-c2c(C#N)c3ccc(OCCn4cncn4)cc3n2C2CCC2)cc1.ClCCBr.O=CO[O-].[H-].[K+].[K+].[Na+].c1nc[n-]n1. The van der Waals surface area contributed by atoms with Crippen molar-refractivity contribution in [3.63, 3.8) is 0 Å². The molecule has 14 rings (SSSR count). The zero-order valence-corrected chi connectivity index (χ0v) is 77.8. The second-order valence-electron chi connectivity index (χ2n) is 26.3. The monoisotopic (exact) mass is 1740 g/mol. The molecule has 5 aromatic heterocycles. The Morgan fingerprint density at radius 3 is 1.21 bits per heavy atom. The van der Waals surface area contributed by atoms with Crippen molar-refractivity contribution in [2.75, 3.05) is 46.3 Å². The van der Waals surface area contributed by atoms with E-state index >= 15 is 0 Å². The number of halogens is 3. The molecule has 34 heteroatoms. The smallest absolute Gasteiger partial charge is 1.00 e. The number of aromatic nitrogens is 9. The number of nitrogens with zero attached hydrogens (tertiary/aromatic N) is 13. The summed E-state index contributed by atoms with van der Waals surface area (Å²) in [5.41, 5.74) is 12.1. The van der Waals surface area contributed by atoms with E-state index in [9.17, 15) is 35.3 Å². The van der Waals surface area contributed by atoms with Gasteiger partial charge in [-0.3, -0.25) is 25.8 Å². The van der Waals surface area contributed by atoms with Crippen molar-refractivity contribution in [3.05, 3.63) is 169 Å². The second kappa shape index (κ2) is 51.5. The molecule has 0 radical (unpaired) electrons. The maximum absolute atomic E-state index is 12.0. The molecule has 0 bridgehead atoms. The van der Waals surface area contributed by atoms with Crippen LogP contribution < -0.4 is 168 Å². The molecule has 4 N–H and O–H groups in total. The molecule has 6 aromatic carbocycles. The summed E-state index contributed by atoms with van der Waals surface area (Å²) in [5.74, 6) is 2.81. The van der Waals surface area contributed by atoms with E-state index in [1.807, 2.05) is 97.1 Å². The minimum atomic E-state index is -0.496. The molecule has 0 saturated heterocycles. The van der Waals surface area contributed by atoms with Crippen molar-refractivity contribution in [1.82, 2.24) is 43.6 Å². The van der Waals surface area contributed by atoms with Crippen LogP contribution in [0.1, 0.15) is 142 Å². The van der Waals surface area contributed by atoms with Gasteiger partial charge in [0, 0.05) is 94.0 Å². The molecule has 11 aromatic rings. The first-order valence-corrected chi connectivity index (χ1v) is 38.7. The van der Waals surface area contributed by atoms with E-state index in [-0.39, 0.29) is 164 Å². The van der Waals surface area contributed by atoms with Gasteiger partial charge in [-0.15, -0.1) is 23.2 Å². The van der Waals surface area contributed by atoms with Crippen molar-refractivity contribution < 1.29 is 192 Å². The zero-order chi connectivity index (χ0) is 81.3. The number of aromatic hydroxyl groups is 1. The molecule has 5 heterocycles. The Hall–Kier alpha value is -7.85. The van der Waals surface area contributed by atoms with Gasteiger partial charge in [0.25, 0.3) is 6.47 Å². The van der Waals surface area contributed by atoms with Crippen LogP contribution in [0.2, 0.25) is 0 Å². The summed E-state index contributed by atoms with van der Waals surface area (Å²) < 4.78 is 35.6. The van der Waals surface area contributed by atoms with Crippen LogP contribution in [-0.4, -0.2) is 117 Å². The molecule has 3 fully saturated rings. The van der Waals surface area contributed by atoms with E-state index in [1.165, 1.54) is 38.7 Å². The third-order valence-corrected chi connectivity index (χ3v) is 18.8. The average Bonchev–Trinajstić information content (AvgIpc) is 1.60. The van der Waals surface area contributed by atoms with Crippen molar-refractivity contribution in [2.24, 2.45) is 0 Å². The number of hydrogen-bond acceptors (Lipinski definition) is 20. The van der Waals surface area contributed by atoms with Crippen LogP contribution in [-0.2, 0) is 30.4 Å². The topological polar surface area (TPSA) is 384 Å². The molecule has 3 aliphatic carbocycles. The average molecular weight is 1740 g/mol. The van der Waals surface area contributed by atoms with Gasteiger partial charge >= 0.3 is 151 Å². The maximum atomic E-state index is 12.0. The van der Waals surface area contributed by atoms with E-state index < -0.39 is 18.3 Å². The van der Waals surface area contributed by atoms with Crippen molar-refractivity contribution in [3.8, 4) is 75.3 Å². The molecule has 3 saturated carbocycles. The van der Waals surface area contributed by atoms with Crippen LogP contribution in [0, 0.1) is 45.3 Å². The predicted octanol–water partition coefficient (Wildman–Crippen LogP) is 8.72. The van der Waals surface area contributed by atoms with E-state index in [4.69, 9.17) is 62.2 Å². The molecule has 3 amide bonds. The number of anilines is 3. The van der Waals surface area contributed by atoms with Gasteiger partial charge in [-0.1, -0.05) is 58.7 Å². The van der Waals surface area contributed by atoms with Crippen LogP contribution in [0.25, 0.3) is 66.5 Å². The van der Waals surface area contributed by atoms with Gasteiger partial charge in [0.15, 0.2) is 0 Å². The molecule has 0 aliphatic heterocycles. The van der Waals surface area contributed by atoms with E-state index in [0.29, 0.717) is 83.4 Å². The second-order valence-corrected chi connectivity index (χ2v) is 27.9. The van der Waals surface area contributed by atoms with Gasteiger partial charge in [-0.2, -0.15) is 26.1 Å². The number of nitriles is 4. The number of carbonyl (C=O) groups is 4. The Balaban J connectivity index is 0.000000332. The Morgan fingerprint density at radius 1 is 0.586 bits per heavy atom. The first-order chi connectivity index (χ1) is 54.8. The van der Waals surface area contributed by atoms with E-state index in [1.54, 1.807) is 89.0 Å². The number of ether oxygens (including phenoxy) is 5. The summed E-state index contributed by atoms with van der Waals surface area (Å²) in [6.45, 7) is 13.5. The first kappa shape index (κ1) is 98.7. The van der Waals surface area contributed by atoms with Crippen LogP contribution in [0.3, 0.4) is 0 Å². The number of fused-ring (bicyclic) bond motifs is 3. The van der Waals surface area contributed by atoms with Gasteiger partial charge in [0.2, 0.25) is 0 Å². The number of alkyl halides is 3. The maximum Gasteiger partial charge on any atom is 1.00 e. The number of phenolic OH excluding ortho intramolecular Hbond substituents is 1. The molecular weight excluding hydrogens is 1650 g/mol. The summed E-state index contributed by atoms with van der Waals surface area (Å²) in [4.78, 5) is 54.4. The summed E-state index contributed by atoms with van der Waals surface area (Å²) in [6.07, 6.45) is 13.8. The number of rotatable bonds is 21. The number of hydrogen-bond donors (Lipinski definition) is 4. The number of nitrogens with one attached hydrogen (secondary N) is 3. The molecule has 28 nitrogen and oxygen atoms in total. The predicted molar refractivity (Wildman–Crippen MR) is 433 cm³/mol. The molecule has 0 unspecified atom stereocenters. The normalized spacial score (nSPS) is 12.2. The number of phenols is 1. The van der Waals surface area contributed by atoms with E-state index in [0.717, 1.165) is 128 Å². The van der Waals surface area contributed by atoms with Gasteiger partial charge in [-0.25, -0.2) is 24.0 Å². The summed E-state index contributed by atoms with van der Waals surface area (Å²) >= 11 is 14.0. The summed E-state index contributed by atoms with van der Waals surface area (Å²) in [5, 5.41) is 78.4. The van der Waals surface area contributed by atoms with Gasteiger partial charge < -0.3 is 64.1 Å². The Labute approximate surface area is 800 Å². The fourth-order valence-electron chi connectivity index (χ4n) is 12.5. The van der Waals surface area contributed by atoms with Crippen molar-refractivity contribution >= 4 is 114 Å². The van der Waals surface area contributed by atoms with Crippen LogP contribution >= 0.6 is 39.1 Å². The molecule has 116 heavy (non-hydrogen) atoms. The third-order valence-electron chi connectivity index (χ3n) is 17.7.